The minimum atomic E-state index is -0.0396. The Bertz CT molecular complexity index is 680. The molecule has 0 amide bonds. The van der Waals surface area contributed by atoms with Gasteiger partial charge in [0.2, 0.25) is 0 Å². The molecule has 0 bridgehead atoms. The lowest BCUT2D eigenvalue weighted by Crippen LogP contribution is -2.06. The van der Waals surface area contributed by atoms with E-state index >= 15 is 0 Å². The Morgan fingerprint density at radius 1 is 0.320 bits per heavy atom. The molecule has 0 spiro atoms. The van der Waals surface area contributed by atoms with Crippen LogP contribution >= 0.6 is 0 Å². The average Bonchev–Trinajstić information content (AvgIpc) is 3.12. The van der Waals surface area contributed by atoms with Crippen molar-refractivity contribution in [2.75, 3.05) is 13.2 Å². The normalized spacial score (nSPS) is 11.6. The highest BCUT2D eigenvalue weighted by Crippen LogP contribution is 2.13. The quantitative estimate of drug-likeness (QED) is 0.0361. The minimum Gasteiger partial charge on any atom is -0.466 e. The Morgan fingerprint density at radius 3 is 0.860 bits per heavy atom. The maximum atomic E-state index is 12.0. The van der Waals surface area contributed by atoms with Crippen LogP contribution in [-0.4, -0.2) is 25.2 Å². The summed E-state index contributed by atoms with van der Waals surface area (Å²) in [5.74, 6) is -0.0791. The molecule has 0 aliphatic rings. The van der Waals surface area contributed by atoms with Crippen molar-refractivity contribution in [2.45, 2.75) is 245 Å². The standard InChI is InChI=1S/C46H86O4/c1-3-5-7-9-11-13-15-17-19-21-23-25-27-31-35-39-43-49-45(47)41-37-33-29-30-34-38-42-46(48)50-44-40-36-32-28-26-24-22-20-18-16-14-12-10-8-6-4-2/h17-20H,3-16,21-44H2,1-2H3. The Kier molecular flexibility index (Phi) is 42.2. The van der Waals surface area contributed by atoms with E-state index in [-0.39, 0.29) is 11.9 Å². The Balaban J connectivity index is 3.29. The third-order valence-corrected chi connectivity index (χ3v) is 9.85. The third kappa shape index (κ3) is 42.6. The molecule has 4 heteroatoms. The van der Waals surface area contributed by atoms with Gasteiger partial charge in [0.15, 0.2) is 0 Å². The summed E-state index contributed by atoms with van der Waals surface area (Å²) in [5.41, 5.74) is 0. The van der Waals surface area contributed by atoms with Gasteiger partial charge in [0.05, 0.1) is 13.2 Å². The summed E-state index contributed by atoms with van der Waals surface area (Å²) in [6, 6.07) is 0. The van der Waals surface area contributed by atoms with E-state index in [4.69, 9.17) is 9.47 Å². The van der Waals surface area contributed by atoms with Crippen molar-refractivity contribution in [3.63, 3.8) is 0 Å². The van der Waals surface area contributed by atoms with E-state index in [0.717, 1.165) is 64.2 Å². The van der Waals surface area contributed by atoms with Crippen molar-refractivity contribution >= 4 is 11.9 Å². The predicted molar refractivity (Wildman–Crippen MR) is 218 cm³/mol. The molecule has 0 aromatic heterocycles. The molecule has 0 aliphatic carbocycles. The lowest BCUT2D eigenvalue weighted by atomic mass is 10.1. The van der Waals surface area contributed by atoms with Gasteiger partial charge in [-0.1, -0.05) is 179 Å². The van der Waals surface area contributed by atoms with Crippen LogP contribution in [0.15, 0.2) is 24.3 Å². The second-order valence-corrected chi connectivity index (χ2v) is 14.9. The Morgan fingerprint density at radius 2 is 0.560 bits per heavy atom. The highest BCUT2D eigenvalue weighted by molar-refractivity contribution is 5.69. The summed E-state index contributed by atoms with van der Waals surface area (Å²) < 4.78 is 10.9. The number of carbonyl (C=O) groups excluding carboxylic acids is 2. The largest absolute Gasteiger partial charge is 0.466 e. The first-order valence-electron chi connectivity index (χ1n) is 22.3. The molecule has 294 valence electrons. The monoisotopic (exact) mass is 703 g/mol. The number of esters is 2. The minimum absolute atomic E-state index is 0.0396. The maximum absolute atomic E-state index is 12.0. The van der Waals surface area contributed by atoms with Crippen molar-refractivity contribution < 1.29 is 19.1 Å². The molecule has 0 unspecified atom stereocenters. The fraction of sp³-hybridized carbons (Fsp3) is 0.870. The van der Waals surface area contributed by atoms with Crippen molar-refractivity contribution in [3.05, 3.63) is 24.3 Å². The smallest absolute Gasteiger partial charge is 0.305 e. The first-order valence-corrected chi connectivity index (χ1v) is 22.3. The number of unbranched alkanes of at least 4 members (excludes halogenated alkanes) is 29. The van der Waals surface area contributed by atoms with Crippen LogP contribution < -0.4 is 0 Å². The zero-order valence-corrected chi connectivity index (χ0v) is 33.8. The summed E-state index contributed by atoms with van der Waals surface area (Å²) in [4.78, 5) is 24.0. The van der Waals surface area contributed by atoms with E-state index in [1.54, 1.807) is 0 Å². The molecule has 0 heterocycles. The molecular weight excluding hydrogens is 617 g/mol. The maximum Gasteiger partial charge on any atom is 0.305 e. The van der Waals surface area contributed by atoms with Crippen LogP contribution in [0, 0.1) is 0 Å². The first-order chi connectivity index (χ1) is 24.7. The summed E-state index contributed by atoms with van der Waals surface area (Å²) in [7, 11) is 0. The highest BCUT2D eigenvalue weighted by atomic mass is 16.5. The number of hydrogen-bond donors (Lipinski definition) is 0. The second-order valence-electron chi connectivity index (χ2n) is 14.9. The van der Waals surface area contributed by atoms with Gasteiger partial charge in [0.25, 0.3) is 0 Å². The first kappa shape index (κ1) is 48.4. The molecule has 0 saturated heterocycles. The molecule has 0 aliphatic heterocycles. The van der Waals surface area contributed by atoms with Gasteiger partial charge >= 0.3 is 11.9 Å². The fourth-order valence-electron chi connectivity index (χ4n) is 6.46. The number of hydrogen-bond acceptors (Lipinski definition) is 4. The van der Waals surface area contributed by atoms with Crippen molar-refractivity contribution in [2.24, 2.45) is 0 Å². The zero-order chi connectivity index (χ0) is 36.3. The molecule has 0 fully saturated rings. The van der Waals surface area contributed by atoms with Crippen LogP contribution in [0.2, 0.25) is 0 Å². The van der Waals surface area contributed by atoms with Crippen LogP contribution in [0.1, 0.15) is 245 Å². The van der Waals surface area contributed by atoms with Gasteiger partial charge in [-0.25, -0.2) is 0 Å². The van der Waals surface area contributed by atoms with Crippen LogP contribution in [0.4, 0.5) is 0 Å². The molecule has 0 N–H and O–H groups in total. The molecule has 4 nitrogen and oxygen atoms in total. The highest BCUT2D eigenvalue weighted by Gasteiger charge is 2.05. The fourth-order valence-corrected chi connectivity index (χ4v) is 6.46. The lowest BCUT2D eigenvalue weighted by Gasteiger charge is -2.06. The van der Waals surface area contributed by atoms with Gasteiger partial charge in [0.1, 0.15) is 0 Å². The van der Waals surface area contributed by atoms with Crippen molar-refractivity contribution in [3.8, 4) is 0 Å². The topological polar surface area (TPSA) is 52.6 Å². The van der Waals surface area contributed by atoms with Crippen molar-refractivity contribution in [1.82, 2.24) is 0 Å². The van der Waals surface area contributed by atoms with Gasteiger partial charge in [-0.3, -0.25) is 9.59 Å². The van der Waals surface area contributed by atoms with Gasteiger partial charge in [-0.15, -0.1) is 0 Å². The summed E-state index contributed by atoms with van der Waals surface area (Å²) >= 11 is 0. The molecule has 0 saturated carbocycles. The summed E-state index contributed by atoms with van der Waals surface area (Å²) in [6.45, 7) is 5.70. The SMILES string of the molecule is CCCCCCCCC=CCCCCCCCCOC(=O)CCCCCCCCC(=O)OCCCCCCCCC=CCCCCCCCC. The van der Waals surface area contributed by atoms with Gasteiger partial charge in [0, 0.05) is 12.8 Å². The second kappa shape index (κ2) is 43.6. The number of carbonyl (C=O) groups is 2. The van der Waals surface area contributed by atoms with E-state index in [1.165, 1.54) is 154 Å². The van der Waals surface area contributed by atoms with Crippen LogP contribution in [-0.2, 0) is 19.1 Å². The third-order valence-electron chi connectivity index (χ3n) is 9.85. The molecule has 50 heavy (non-hydrogen) atoms. The molecule has 0 radical (unpaired) electrons. The molecular formula is C46H86O4. The van der Waals surface area contributed by atoms with Crippen LogP contribution in [0.25, 0.3) is 0 Å². The molecule has 0 aromatic carbocycles. The Labute approximate surface area is 312 Å². The number of allylic oxidation sites excluding steroid dienone is 4. The molecule has 0 atom stereocenters. The molecule has 0 aromatic rings. The lowest BCUT2D eigenvalue weighted by molar-refractivity contribution is -0.144. The van der Waals surface area contributed by atoms with Gasteiger partial charge in [-0.2, -0.15) is 0 Å². The van der Waals surface area contributed by atoms with Crippen molar-refractivity contribution in [1.29, 1.82) is 0 Å². The number of rotatable bonds is 41. The van der Waals surface area contributed by atoms with Crippen LogP contribution in [0.3, 0.4) is 0 Å². The predicted octanol–water partition coefficient (Wildman–Crippen LogP) is 15.3. The van der Waals surface area contributed by atoms with E-state index < -0.39 is 0 Å². The van der Waals surface area contributed by atoms with Crippen LogP contribution in [0.5, 0.6) is 0 Å². The number of ether oxygens (including phenoxy) is 2. The molecule has 0 rings (SSSR count). The summed E-state index contributed by atoms with van der Waals surface area (Å²) in [5, 5.41) is 0. The van der Waals surface area contributed by atoms with Gasteiger partial charge in [-0.05, 0) is 77.0 Å². The zero-order valence-electron chi connectivity index (χ0n) is 33.8. The average molecular weight is 703 g/mol. The van der Waals surface area contributed by atoms with Gasteiger partial charge < -0.3 is 9.47 Å². The van der Waals surface area contributed by atoms with E-state index in [2.05, 4.69) is 38.2 Å². The Hall–Kier alpha value is -1.58. The van der Waals surface area contributed by atoms with E-state index in [0.29, 0.717) is 26.1 Å². The summed E-state index contributed by atoms with van der Waals surface area (Å²) in [6.07, 6.45) is 52.9. The van der Waals surface area contributed by atoms with E-state index in [1.807, 2.05) is 0 Å². The van der Waals surface area contributed by atoms with E-state index in [9.17, 15) is 9.59 Å².